The fourth-order valence-corrected chi connectivity index (χ4v) is 1.94. The van der Waals surface area contributed by atoms with Crippen LogP contribution in [0.2, 0.25) is 0 Å². The first-order valence-corrected chi connectivity index (χ1v) is 7.05. The van der Waals surface area contributed by atoms with Crippen molar-refractivity contribution in [2.45, 2.75) is 19.8 Å². The van der Waals surface area contributed by atoms with Crippen molar-refractivity contribution < 1.29 is 9.53 Å². The van der Waals surface area contributed by atoms with Crippen molar-refractivity contribution in [2.75, 3.05) is 17.7 Å². The van der Waals surface area contributed by atoms with Gasteiger partial charge in [-0.05, 0) is 36.2 Å². The number of ether oxygens (including phenoxy) is 1. The van der Waals surface area contributed by atoms with Crippen LogP contribution in [0.25, 0.3) is 0 Å². The number of nitrogen functional groups attached to an aromatic ring is 1. The van der Waals surface area contributed by atoms with Gasteiger partial charge in [0.25, 0.3) is 0 Å². The molecule has 4 nitrogen and oxygen atoms in total. The van der Waals surface area contributed by atoms with E-state index in [1.165, 1.54) is 5.56 Å². The van der Waals surface area contributed by atoms with Crippen molar-refractivity contribution in [2.24, 2.45) is 0 Å². The van der Waals surface area contributed by atoms with Crippen LogP contribution < -0.4 is 15.8 Å². The molecule has 2 aromatic carbocycles. The number of anilines is 2. The Morgan fingerprint density at radius 2 is 2.00 bits per heavy atom. The topological polar surface area (TPSA) is 64.3 Å². The van der Waals surface area contributed by atoms with Crippen LogP contribution in [0.15, 0.2) is 48.5 Å². The minimum atomic E-state index is -0.112. The summed E-state index contributed by atoms with van der Waals surface area (Å²) in [6.45, 7) is 2.43. The first kappa shape index (κ1) is 14.9. The summed E-state index contributed by atoms with van der Waals surface area (Å²) in [6, 6.07) is 15.1. The van der Waals surface area contributed by atoms with E-state index in [9.17, 15) is 4.79 Å². The number of aryl methyl sites for hydroxylation is 1. The van der Waals surface area contributed by atoms with Gasteiger partial charge in [-0.2, -0.15) is 0 Å². The summed E-state index contributed by atoms with van der Waals surface area (Å²) in [5.41, 5.74) is 8.18. The van der Waals surface area contributed by atoms with Crippen LogP contribution in [0.4, 0.5) is 11.4 Å². The highest BCUT2D eigenvalue weighted by atomic mass is 16.5. The molecule has 0 saturated heterocycles. The molecule has 0 aromatic heterocycles. The van der Waals surface area contributed by atoms with Gasteiger partial charge in [0.15, 0.2) is 0 Å². The minimum Gasteiger partial charge on any atom is -0.493 e. The molecule has 0 atom stereocenters. The van der Waals surface area contributed by atoms with Gasteiger partial charge < -0.3 is 15.8 Å². The first-order chi connectivity index (χ1) is 10.2. The summed E-state index contributed by atoms with van der Waals surface area (Å²) < 4.78 is 5.60. The van der Waals surface area contributed by atoms with Gasteiger partial charge in [-0.25, -0.2) is 0 Å². The maximum Gasteiger partial charge on any atom is 0.227 e. The van der Waals surface area contributed by atoms with Gasteiger partial charge in [-0.1, -0.05) is 31.2 Å². The highest BCUT2D eigenvalue weighted by molar-refractivity contribution is 5.93. The Labute approximate surface area is 124 Å². The van der Waals surface area contributed by atoms with Gasteiger partial charge in [0.2, 0.25) is 5.91 Å². The average molecular weight is 284 g/mol. The molecule has 21 heavy (non-hydrogen) atoms. The smallest absolute Gasteiger partial charge is 0.227 e. The lowest BCUT2D eigenvalue weighted by atomic mass is 10.2. The van der Waals surface area contributed by atoms with E-state index < -0.39 is 0 Å². The van der Waals surface area contributed by atoms with Crippen LogP contribution in [0.1, 0.15) is 18.9 Å². The predicted octanol–water partition coefficient (Wildman–Crippen LogP) is 3.24. The Hall–Kier alpha value is -2.49. The quantitative estimate of drug-likeness (QED) is 0.800. The predicted molar refractivity (Wildman–Crippen MR) is 85.4 cm³/mol. The average Bonchev–Trinajstić information content (AvgIpc) is 2.50. The minimum absolute atomic E-state index is 0.112. The number of nitrogens with two attached hydrogens (primary N) is 1. The van der Waals surface area contributed by atoms with E-state index in [0.29, 0.717) is 18.0 Å². The zero-order chi connectivity index (χ0) is 15.1. The molecule has 0 aliphatic carbocycles. The fraction of sp³-hybridized carbons (Fsp3) is 0.235. The van der Waals surface area contributed by atoms with Crippen LogP contribution in [-0.4, -0.2) is 12.5 Å². The fourth-order valence-electron chi connectivity index (χ4n) is 1.94. The number of carbonyl (C=O) groups excluding carboxylic acids is 1. The number of amides is 1. The van der Waals surface area contributed by atoms with E-state index in [1.807, 2.05) is 30.3 Å². The molecule has 0 spiro atoms. The number of para-hydroxylation sites is 2. The van der Waals surface area contributed by atoms with Crippen molar-refractivity contribution >= 4 is 17.3 Å². The molecule has 110 valence electrons. The second-order valence-electron chi connectivity index (χ2n) is 4.73. The van der Waals surface area contributed by atoms with Crippen molar-refractivity contribution in [3.63, 3.8) is 0 Å². The molecule has 2 aromatic rings. The van der Waals surface area contributed by atoms with Crippen molar-refractivity contribution in [3.8, 4) is 5.75 Å². The molecular formula is C17H20N2O2. The normalized spacial score (nSPS) is 10.1. The second kappa shape index (κ2) is 7.33. The van der Waals surface area contributed by atoms with Crippen LogP contribution in [0, 0.1) is 0 Å². The lowest BCUT2D eigenvalue weighted by Crippen LogP contribution is -2.16. The Morgan fingerprint density at radius 1 is 1.19 bits per heavy atom. The second-order valence-corrected chi connectivity index (χ2v) is 4.73. The number of nitrogens with one attached hydrogen (secondary N) is 1. The monoisotopic (exact) mass is 284 g/mol. The van der Waals surface area contributed by atoms with Gasteiger partial charge in [0.1, 0.15) is 5.75 Å². The molecular weight excluding hydrogens is 264 g/mol. The maximum absolute atomic E-state index is 11.8. The molecule has 0 fully saturated rings. The Morgan fingerprint density at radius 3 is 2.76 bits per heavy atom. The number of hydrogen-bond acceptors (Lipinski definition) is 3. The number of hydrogen-bond donors (Lipinski definition) is 2. The molecule has 0 heterocycles. The molecule has 1 amide bonds. The van der Waals surface area contributed by atoms with E-state index >= 15 is 0 Å². The van der Waals surface area contributed by atoms with Gasteiger partial charge in [0, 0.05) is 0 Å². The van der Waals surface area contributed by atoms with Crippen LogP contribution >= 0.6 is 0 Å². The SMILES string of the molecule is CCc1cccc(OCCC(=O)Nc2ccccc2N)c1. The van der Waals surface area contributed by atoms with Gasteiger partial charge in [0.05, 0.1) is 24.4 Å². The lowest BCUT2D eigenvalue weighted by molar-refractivity contribution is -0.116. The van der Waals surface area contributed by atoms with Crippen LogP contribution in [0.3, 0.4) is 0 Å². The Bertz CT molecular complexity index is 611. The third-order valence-corrected chi connectivity index (χ3v) is 3.14. The molecule has 0 unspecified atom stereocenters. The van der Waals surface area contributed by atoms with Crippen molar-refractivity contribution in [1.29, 1.82) is 0 Å². The zero-order valence-electron chi connectivity index (χ0n) is 12.1. The van der Waals surface area contributed by atoms with Crippen LogP contribution in [0.5, 0.6) is 5.75 Å². The largest absolute Gasteiger partial charge is 0.493 e. The highest BCUT2D eigenvalue weighted by Gasteiger charge is 2.05. The van der Waals surface area contributed by atoms with Crippen LogP contribution in [-0.2, 0) is 11.2 Å². The summed E-state index contributed by atoms with van der Waals surface area (Å²) in [5.74, 6) is 0.681. The summed E-state index contributed by atoms with van der Waals surface area (Å²) in [7, 11) is 0. The van der Waals surface area contributed by atoms with E-state index in [2.05, 4.69) is 18.3 Å². The summed E-state index contributed by atoms with van der Waals surface area (Å²) >= 11 is 0. The molecule has 4 heteroatoms. The van der Waals surface area contributed by atoms with Crippen molar-refractivity contribution in [3.05, 3.63) is 54.1 Å². The van der Waals surface area contributed by atoms with Gasteiger partial charge in [-0.3, -0.25) is 4.79 Å². The first-order valence-electron chi connectivity index (χ1n) is 7.05. The molecule has 0 bridgehead atoms. The summed E-state index contributed by atoms with van der Waals surface area (Å²) in [6.07, 6.45) is 1.25. The number of benzene rings is 2. The van der Waals surface area contributed by atoms with Crippen molar-refractivity contribution in [1.82, 2.24) is 0 Å². The van der Waals surface area contributed by atoms with E-state index in [1.54, 1.807) is 12.1 Å². The Balaban J connectivity index is 1.80. The standard InChI is InChI=1S/C17H20N2O2/c1-2-13-6-5-7-14(12-13)21-11-10-17(20)19-16-9-4-3-8-15(16)18/h3-9,12H,2,10-11,18H2,1H3,(H,19,20). The molecule has 2 rings (SSSR count). The maximum atomic E-state index is 11.8. The lowest BCUT2D eigenvalue weighted by Gasteiger charge is -2.09. The molecule has 0 aliphatic rings. The molecule has 0 saturated carbocycles. The number of carbonyl (C=O) groups is 1. The highest BCUT2D eigenvalue weighted by Crippen LogP contribution is 2.17. The molecule has 3 N–H and O–H groups in total. The Kier molecular flexibility index (Phi) is 5.21. The van der Waals surface area contributed by atoms with E-state index in [4.69, 9.17) is 10.5 Å². The summed E-state index contributed by atoms with van der Waals surface area (Å²) in [5, 5.41) is 2.78. The molecule has 0 aliphatic heterocycles. The third kappa shape index (κ3) is 4.53. The third-order valence-electron chi connectivity index (χ3n) is 3.14. The van der Waals surface area contributed by atoms with Gasteiger partial charge in [-0.15, -0.1) is 0 Å². The van der Waals surface area contributed by atoms with E-state index in [0.717, 1.165) is 12.2 Å². The number of rotatable bonds is 6. The van der Waals surface area contributed by atoms with E-state index in [-0.39, 0.29) is 12.3 Å². The summed E-state index contributed by atoms with van der Waals surface area (Å²) in [4.78, 5) is 11.8. The zero-order valence-corrected chi connectivity index (χ0v) is 12.1. The van der Waals surface area contributed by atoms with Gasteiger partial charge >= 0.3 is 0 Å². The molecule has 0 radical (unpaired) electrons.